The van der Waals surface area contributed by atoms with Crippen molar-refractivity contribution in [2.24, 2.45) is 0 Å². The molecule has 0 saturated carbocycles. The molecule has 0 unspecified atom stereocenters. The Kier molecular flexibility index (Phi) is 2.34. The highest BCUT2D eigenvalue weighted by Crippen LogP contribution is 2.02. The van der Waals surface area contributed by atoms with Crippen LogP contribution in [-0.2, 0) is 0 Å². The largest absolute Gasteiger partial charge is 0.510 e. The summed E-state index contributed by atoms with van der Waals surface area (Å²) < 4.78 is 0. The monoisotopic (exact) mass is 141 g/mol. The summed E-state index contributed by atoms with van der Waals surface area (Å²) in [4.78, 5) is 1.84. The van der Waals surface area contributed by atoms with E-state index in [-0.39, 0.29) is 6.61 Å². The van der Waals surface area contributed by atoms with Crippen LogP contribution in [0.25, 0.3) is 0 Å². The zero-order valence-electron chi connectivity index (χ0n) is 5.70. The molecule has 0 aromatic carbocycles. The molecule has 0 atom stereocenters. The summed E-state index contributed by atoms with van der Waals surface area (Å²) in [6.45, 7) is 1.21. The van der Waals surface area contributed by atoms with E-state index in [2.05, 4.69) is 0 Å². The second-order valence-electron chi connectivity index (χ2n) is 2.19. The smallest absolute Gasteiger partial charge is 0.112 e. The molecule has 1 rings (SSSR count). The molecule has 0 fully saturated rings. The molecule has 10 heavy (non-hydrogen) atoms. The lowest BCUT2D eigenvalue weighted by Crippen LogP contribution is -2.25. The summed E-state index contributed by atoms with van der Waals surface area (Å²) in [5, 5.41) is 17.5. The molecule has 1 heterocycles. The van der Waals surface area contributed by atoms with Gasteiger partial charge in [0.2, 0.25) is 0 Å². The van der Waals surface area contributed by atoms with Crippen molar-refractivity contribution in [3.8, 4) is 0 Å². The van der Waals surface area contributed by atoms with Gasteiger partial charge in [-0.25, -0.2) is 0 Å². The van der Waals surface area contributed by atoms with Gasteiger partial charge in [0, 0.05) is 6.54 Å². The zero-order chi connectivity index (χ0) is 7.40. The normalized spacial score (nSPS) is 17.3. The number of aliphatic hydroxyl groups is 2. The first-order valence-corrected chi connectivity index (χ1v) is 3.24. The molecular formula is C7H11NO2. The minimum absolute atomic E-state index is 0.123. The Morgan fingerprint density at radius 3 is 3.00 bits per heavy atom. The van der Waals surface area contributed by atoms with Crippen LogP contribution in [0.3, 0.4) is 0 Å². The molecule has 3 heteroatoms. The highest BCUT2D eigenvalue weighted by atomic mass is 16.3. The molecule has 1 aliphatic heterocycles. The molecule has 0 saturated heterocycles. The molecule has 0 amide bonds. The van der Waals surface area contributed by atoms with Crippen LogP contribution in [0.1, 0.15) is 0 Å². The maximum atomic E-state index is 8.99. The number of nitrogens with zero attached hydrogens (tertiary/aromatic N) is 1. The highest BCUT2D eigenvalue weighted by molar-refractivity contribution is 5.12. The predicted molar refractivity (Wildman–Crippen MR) is 38.5 cm³/mol. The lowest BCUT2D eigenvalue weighted by Gasteiger charge is -2.20. The van der Waals surface area contributed by atoms with Crippen molar-refractivity contribution in [1.29, 1.82) is 0 Å². The molecular weight excluding hydrogens is 130 g/mol. The van der Waals surface area contributed by atoms with Gasteiger partial charge >= 0.3 is 0 Å². The zero-order valence-corrected chi connectivity index (χ0v) is 5.70. The molecule has 0 bridgehead atoms. The van der Waals surface area contributed by atoms with E-state index >= 15 is 0 Å². The standard InChI is InChI=1S/C7H11NO2/c9-5-4-8-3-1-2-7(10)6-8/h1-3,9-10H,4-6H2. The van der Waals surface area contributed by atoms with Crippen LogP contribution in [0.4, 0.5) is 0 Å². The summed E-state index contributed by atoms with van der Waals surface area (Å²) >= 11 is 0. The van der Waals surface area contributed by atoms with Crippen molar-refractivity contribution in [2.75, 3.05) is 19.7 Å². The Balaban J connectivity index is 2.39. The first kappa shape index (κ1) is 7.15. The van der Waals surface area contributed by atoms with Crippen LogP contribution in [0.2, 0.25) is 0 Å². The van der Waals surface area contributed by atoms with Gasteiger partial charge < -0.3 is 15.1 Å². The van der Waals surface area contributed by atoms with Crippen molar-refractivity contribution in [1.82, 2.24) is 4.90 Å². The number of aliphatic hydroxyl groups excluding tert-OH is 2. The predicted octanol–water partition coefficient (Wildman–Crippen LogP) is 0.250. The summed E-state index contributed by atoms with van der Waals surface area (Å²) in [6, 6.07) is 0. The molecule has 0 spiro atoms. The summed E-state index contributed by atoms with van der Waals surface area (Å²) in [6.07, 6.45) is 5.25. The third kappa shape index (κ3) is 1.77. The van der Waals surface area contributed by atoms with E-state index in [9.17, 15) is 0 Å². The topological polar surface area (TPSA) is 43.7 Å². The molecule has 0 aromatic heterocycles. The maximum absolute atomic E-state index is 8.99. The number of hydrogen-bond acceptors (Lipinski definition) is 3. The molecule has 0 aromatic rings. The van der Waals surface area contributed by atoms with Crippen LogP contribution in [0, 0.1) is 0 Å². The van der Waals surface area contributed by atoms with Crippen LogP contribution in [0.5, 0.6) is 0 Å². The van der Waals surface area contributed by atoms with E-state index in [1.54, 1.807) is 12.2 Å². The minimum atomic E-state index is 0.123. The Bertz CT molecular complexity index is 163. The molecule has 0 radical (unpaired) electrons. The van der Waals surface area contributed by atoms with Crippen LogP contribution >= 0.6 is 0 Å². The molecule has 3 nitrogen and oxygen atoms in total. The third-order valence-electron chi connectivity index (χ3n) is 1.34. The van der Waals surface area contributed by atoms with Crippen molar-refractivity contribution in [3.63, 3.8) is 0 Å². The van der Waals surface area contributed by atoms with Gasteiger partial charge in [0.05, 0.1) is 13.2 Å². The van der Waals surface area contributed by atoms with E-state index in [4.69, 9.17) is 10.2 Å². The van der Waals surface area contributed by atoms with E-state index in [1.165, 1.54) is 0 Å². The average Bonchev–Trinajstić information content (AvgIpc) is 1.88. The van der Waals surface area contributed by atoms with Gasteiger partial charge in [-0.05, 0) is 18.4 Å². The second kappa shape index (κ2) is 3.27. The Morgan fingerprint density at radius 1 is 1.60 bits per heavy atom. The number of rotatable bonds is 2. The molecule has 2 N–H and O–H groups in total. The quantitative estimate of drug-likeness (QED) is 0.579. The Labute approximate surface area is 59.9 Å². The SMILES string of the molecule is OCCN1C=CC=C(O)C1. The maximum Gasteiger partial charge on any atom is 0.112 e. The Hall–Kier alpha value is -0.960. The summed E-state index contributed by atoms with van der Waals surface area (Å²) in [5.74, 6) is 0.343. The van der Waals surface area contributed by atoms with Crippen molar-refractivity contribution >= 4 is 0 Å². The fraction of sp³-hybridized carbons (Fsp3) is 0.429. The van der Waals surface area contributed by atoms with Gasteiger partial charge in [-0.2, -0.15) is 0 Å². The van der Waals surface area contributed by atoms with Gasteiger partial charge in [0.15, 0.2) is 0 Å². The number of allylic oxidation sites excluding steroid dienone is 2. The Morgan fingerprint density at radius 2 is 2.40 bits per heavy atom. The van der Waals surface area contributed by atoms with E-state index < -0.39 is 0 Å². The average molecular weight is 141 g/mol. The lowest BCUT2D eigenvalue weighted by atomic mass is 10.3. The van der Waals surface area contributed by atoms with Crippen LogP contribution in [0.15, 0.2) is 24.1 Å². The minimum Gasteiger partial charge on any atom is -0.510 e. The van der Waals surface area contributed by atoms with Gasteiger partial charge in [0.25, 0.3) is 0 Å². The van der Waals surface area contributed by atoms with Gasteiger partial charge in [-0.1, -0.05) is 0 Å². The van der Waals surface area contributed by atoms with Gasteiger partial charge in [0.1, 0.15) is 5.76 Å². The molecule has 0 aliphatic carbocycles. The fourth-order valence-electron chi connectivity index (χ4n) is 0.871. The molecule has 1 aliphatic rings. The van der Waals surface area contributed by atoms with Crippen molar-refractivity contribution in [3.05, 3.63) is 24.1 Å². The highest BCUT2D eigenvalue weighted by Gasteiger charge is 2.03. The van der Waals surface area contributed by atoms with Crippen molar-refractivity contribution < 1.29 is 10.2 Å². The number of β-amino-alcohol motifs (C(OH)–C–C–N with tert-alkyl or cyclic N) is 1. The van der Waals surface area contributed by atoms with Crippen LogP contribution < -0.4 is 0 Å². The summed E-state index contributed by atoms with van der Waals surface area (Å²) in [7, 11) is 0. The summed E-state index contributed by atoms with van der Waals surface area (Å²) in [5.41, 5.74) is 0. The first-order chi connectivity index (χ1) is 4.83. The van der Waals surface area contributed by atoms with Crippen molar-refractivity contribution in [2.45, 2.75) is 0 Å². The third-order valence-corrected chi connectivity index (χ3v) is 1.34. The van der Waals surface area contributed by atoms with E-state index in [0.717, 1.165) is 0 Å². The number of hydrogen-bond donors (Lipinski definition) is 2. The second-order valence-corrected chi connectivity index (χ2v) is 2.19. The van der Waals surface area contributed by atoms with E-state index in [0.29, 0.717) is 18.8 Å². The van der Waals surface area contributed by atoms with Gasteiger partial charge in [-0.15, -0.1) is 0 Å². The van der Waals surface area contributed by atoms with E-state index in [1.807, 2.05) is 11.1 Å². The first-order valence-electron chi connectivity index (χ1n) is 3.24. The molecule has 56 valence electrons. The fourth-order valence-corrected chi connectivity index (χ4v) is 0.871. The van der Waals surface area contributed by atoms with Crippen LogP contribution in [-0.4, -0.2) is 34.8 Å². The lowest BCUT2D eigenvalue weighted by molar-refractivity contribution is 0.226. The van der Waals surface area contributed by atoms with Gasteiger partial charge in [-0.3, -0.25) is 0 Å².